The zero-order valence-corrected chi connectivity index (χ0v) is 17.1. The van der Waals surface area contributed by atoms with Crippen LogP contribution in [0.4, 0.5) is 18.9 Å². The first-order valence-electron chi connectivity index (χ1n) is 8.96. The highest BCUT2D eigenvalue weighted by Crippen LogP contribution is 2.35. The van der Waals surface area contributed by atoms with Gasteiger partial charge in [-0.25, -0.2) is 4.79 Å². The Labute approximate surface area is 184 Å². The lowest BCUT2D eigenvalue weighted by molar-refractivity contribution is -0.137. The van der Waals surface area contributed by atoms with E-state index in [4.69, 9.17) is 25.9 Å². The Morgan fingerprint density at radius 2 is 1.91 bits per heavy atom. The number of carbonyl (C=O) groups excluding carboxylic acids is 1. The molecule has 10 heteroatoms. The van der Waals surface area contributed by atoms with Gasteiger partial charge in [-0.3, -0.25) is 4.79 Å². The summed E-state index contributed by atoms with van der Waals surface area (Å²) in [6.07, 6.45) is -2.07. The van der Waals surface area contributed by atoms with Crippen LogP contribution in [0.5, 0.6) is 5.75 Å². The van der Waals surface area contributed by atoms with Crippen molar-refractivity contribution >= 4 is 35.2 Å². The lowest BCUT2D eigenvalue weighted by Crippen LogP contribution is -2.10. The molecule has 0 spiro atoms. The molecule has 1 heterocycles. The molecule has 0 aliphatic carbocycles. The fourth-order valence-corrected chi connectivity index (χ4v) is 3.09. The molecule has 0 radical (unpaired) electrons. The summed E-state index contributed by atoms with van der Waals surface area (Å²) in [4.78, 5) is 23.5. The van der Waals surface area contributed by atoms with Crippen molar-refractivity contribution in [1.82, 2.24) is 0 Å². The third-order valence-corrected chi connectivity index (χ3v) is 4.53. The average Bonchev–Trinajstić information content (AvgIpc) is 3.20. The minimum atomic E-state index is -4.48. The van der Waals surface area contributed by atoms with Crippen LogP contribution in [0.25, 0.3) is 17.4 Å². The molecule has 32 heavy (non-hydrogen) atoms. The predicted octanol–water partition coefficient (Wildman–Crippen LogP) is 5.98. The molecule has 2 aromatic carbocycles. The summed E-state index contributed by atoms with van der Waals surface area (Å²) in [5, 5.41) is 11.6. The van der Waals surface area contributed by atoms with Crippen LogP contribution >= 0.6 is 11.6 Å². The average molecular weight is 466 g/mol. The first-order valence-corrected chi connectivity index (χ1v) is 9.33. The number of anilines is 1. The first-order chi connectivity index (χ1) is 15.1. The van der Waals surface area contributed by atoms with Crippen LogP contribution in [-0.2, 0) is 11.0 Å². The van der Waals surface area contributed by atoms with E-state index in [-0.39, 0.29) is 39.1 Å². The van der Waals surface area contributed by atoms with Crippen molar-refractivity contribution in [3.63, 3.8) is 0 Å². The van der Waals surface area contributed by atoms with Gasteiger partial charge in [-0.2, -0.15) is 13.2 Å². The molecule has 0 aliphatic heterocycles. The van der Waals surface area contributed by atoms with Crippen LogP contribution in [0.1, 0.15) is 21.7 Å². The molecule has 0 saturated carbocycles. The number of rotatable bonds is 6. The Balaban J connectivity index is 1.77. The number of carbonyl (C=O) groups is 2. The summed E-state index contributed by atoms with van der Waals surface area (Å²) in [5.74, 6) is -1.38. The van der Waals surface area contributed by atoms with E-state index in [1.54, 1.807) is 0 Å². The third-order valence-electron chi connectivity index (χ3n) is 4.25. The number of amides is 1. The molecule has 0 fully saturated rings. The fraction of sp³-hybridized carbons (Fsp3) is 0.0909. The topological polar surface area (TPSA) is 88.8 Å². The van der Waals surface area contributed by atoms with E-state index >= 15 is 0 Å². The van der Waals surface area contributed by atoms with Gasteiger partial charge in [-0.05, 0) is 42.5 Å². The number of ether oxygens (including phenoxy) is 1. The van der Waals surface area contributed by atoms with Gasteiger partial charge in [-0.15, -0.1) is 0 Å². The van der Waals surface area contributed by atoms with Gasteiger partial charge in [0.2, 0.25) is 5.91 Å². The Hall–Kier alpha value is -3.72. The predicted molar refractivity (Wildman–Crippen MR) is 112 cm³/mol. The molecule has 2 N–H and O–H groups in total. The van der Waals surface area contributed by atoms with E-state index in [2.05, 4.69) is 5.32 Å². The smallest absolute Gasteiger partial charge is 0.416 e. The summed E-state index contributed by atoms with van der Waals surface area (Å²) >= 11 is 5.99. The molecular formula is C22H15ClF3NO5. The van der Waals surface area contributed by atoms with Gasteiger partial charge in [-0.1, -0.05) is 23.7 Å². The number of furan rings is 1. The second-order valence-electron chi connectivity index (χ2n) is 6.45. The number of nitrogens with one attached hydrogen (secondary N) is 1. The standard InChI is InChI=1S/C22H15ClF3NO5/c1-31-20-16(23)10-13(21(29)30)11-17(20)27-19(28)8-6-15-5-7-18(32-15)12-3-2-4-14(9-12)22(24,25)26/h2-11H,1H3,(H,27,28)(H,29,30)/b8-6+. The highest BCUT2D eigenvalue weighted by Gasteiger charge is 2.30. The van der Waals surface area contributed by atoms with Crippen LogP contribution in [0.2, 0.25) is 5.02 Å². The third kappa shape index (κ3) is 5.30. The quantitative estimate of drug-likeness (QED) is 0.437. The molecule has 0 bridgehead atoms. The van der Waals surface area contributed by atoms with Gasteiger partial charge in [0.15, 0.2) is 5.75 Å². The summed E-state index contributed by atoms with van der Waals surface area (Å²) in [7, 11) is 1.31. The molecule has 1 aromatic heterocycles. The molecule has 6 nitrogen and oxygen atoms in total. The molecule has 0 aliphatic rings. The fourth-order valence-electron chi connectivity index (χ4n) is 2.80. The van der Waals surface area contributed by atoms with Crippen molar-refractivity contribution in [2.24, 2.45) is 0 Å². The van der Waals surface area contributed by atoms with Crippen LogP contribution in [0, 0.1) is 0 Å². The monoisotopic (exact) mass is 465 g/mol. The number of methoxy groups -OCH3 is 1. The molecule has 0 atom stereocenters. The maximum absolute atomic E-state index is 12.9. The van der Waals surface area contributed by atoms with Crippen LogP contribution in [-0.4, -0.2) is 24.1 Å². The largest absolute Gasteiger partial charge is 0.493 e. The highest BCUT2D eigenvalue weighted by molar-refractivity contribution is 6.33. The number of alkyl halides is 3. The molecule has 0 saturated heterocycles. The second kappa shape index (κ2) is 9.19. The molecule has 0 unspecified atom stereocenters. The number of halogens is 4. The van der Waals surface area contributed by atoms with E-state index in [0.29, 0.717) is 0 Å². The zero-order chi connectivity index (χ0) is 23.5. The van der Waals surface area contributed by atoms with Gasteiger partial charge in [0.05, 0.1) is 28.9 Å². The van der Waals surface area contributed by atoms with Crippen molar-refractivity contribution in [1.29, 1.82) is 0 Å². The van der Waals surface area contributed by atoms with Gasteiger partial charge in [0.25, 0.3) is 0 Å². The minimum absolute atomic E-state index is 0.00319. The van der Waals surface area contributed by atoms with E-state index in [0.717, 1.165) is 18.2 Å². The van der Waals surface area contributed by atoms with Gasteiger partial charge in [0, 0.05) is 11.6 Å². The van der Waals surface area contributed by atoms with Gasteiger partial charge >= 0.3 is 12.1 Å². The number of carboxylic acid groups (broad SMARTS) is 1. The SMILES string of the molecule is COc1c(Cl)cc(C(=O)O)cc1NC(=O)/C=C/c1ccc(-c2cccc(C(F)(F)F)c2)o1. The van der Waals surface area contributed by atoms with Gasteiger partial charge in [0.1, 0.15) is 11.5 Å². The minimum Gasteiger partial charge on any atom is -0.493 e. The van der Waals surface area contributed by atoms with Crippen molar-refractivity contribution < 1.29 is 37.0 Å². The van der Waals surface area contributed by atoms with Crippen molar-refractivity contribution in [2.45, 2.75) is 6.18 Å². The number of hydrogen-bond acceptors (Lipinski definition) is 4. The molecule has 166 valence electrons. The van der Waals surface area contributed by atoms with Crippen LogP contribution in [0.3, 0.4) is 0 Å². The van der Waals surface area contributed by atoms with Gasteiger partial charge < -0.3 is 19.6 Å². The van der Waals surface area contributed by atoms with Crippen molar-refractivity contribution in [3.8, 4) is 17.1 Å². The lowest BCUT2D eigenvalue weighted by atomic mass is 10.1. The Bertz CT molecular complexity index is 1200. The second-order valence-corrected chi connectivity index (χ2v) is 6.85. The normalized spacial score (nSPS) is 11.5. The van der Waals surface area contributed by atoms with Crippen LogP contribution < -0.4 is 10.1 Å². The lowest BCUT2D eigenvalue weighted by Gasteiger charge is -2.11. The number of carboxylic acids is 1. The highest BCUT2D eigenvalue weighted by atomic mass is 35.5. The molecule has 3 aromatic rings. The maximum Gasteiger partial charge on any atom is 0.416 e. The first kappa shape index (κ1) is 23.0. The Morgan fingerprint density at radius 1 is 1.16 bits per heavy atom. The van der Waals surface area contributed by atoms with E-state index in [1.165, 1.54) is 49.6 Å². The molecule has 3 rings (SSSR count). The Morgan fingerprint density at radius 3 is 2.56 bits per heavy atom. The number of benzene rings is 2. The Kier molecular flexibility index (Phi) is 6.59. The zero-order valence-electron chi connectivity index (χ0n) is 16.4. The summed E-state index contributed by atoms with van der Waals surface area (Å²) < 4.78 is 49.3. The molecule has 1 amide bonds. The number of aromatic carboxylic acids is 1. The summed E-state index contributed by atoms with van der Waals surface area (Å²) in [5.41, 5.74) is -0.671. The van der Waals surface area contributed by atoms with E-state index in [9.17, 15) is 22.8 Å². The summed E-state index contributed by atoms with van der Waals surface area (Å²) in [6.45, 7) is 0. The van der Waals surface area contributed by atoms with E-state index in [1.807, 2.05) is 0 Å². The summed E-state index contributed by atoms with van der Waals surface area (Å²) in [6, 6.07) is 10.0. The molecular weight excluding hydrogens is 451 g/mol. The number of hydrogen-bond donors (Lipinski definition) is 2. The van der Waals surface area contributed by atoms with Crippen molar-refractivity contribution in [2.75, 3.05) is 12.4 Å². The maximum atomic E-state index is 12.9. The van der Waals surface area contributed by atoms with E-state index < -0.39 is 23.6 Å². The van der Waals surface area contributed by atoms with Crippen molar-refractivity contribution in [3.05, 3.63) is 76.5 Å². The van der Waals surface area contributed by atoms with Crippen LogP contribution in [0.15, 0.2) is 59.0 Å².